The lowest BCUT2D eigenvalue weighted by Gasteiger charge is -2.09. The van der Waals surface area contributed by atoms with E-state index in [1.54, 1.807) is 0 Å². The average Bonchev–Trinajstić information content (AvgIpc) is 2.12. The molecule has 0 atom stereocenters. The summed E-state index contributed by atoms with van der Waals surface area (Å²) in [6, 6.07) is 2.29. The third-order valence-corrected chi connectivity index (χ3v) is 1.07. The summed E-state index contributed by atoms with van der Waals surface area (Å²) >= 11 is 0. The van der Waals surface area contributed by atoms with E-state index in [9.17, 15) is 0 Å². The molecular formula is C8H13N2+. The van der Waals surface area contributed by atoms with Crippen molar-refractivity contribution < 1.29 is 16.9 Å². The van der Waals surface area contributed by atoms with Gasteiger partial charge in [0.2, 0.25) is 0 Å². The summed E-state index contributed by atoms with van der Waals surface area (Å²) < 4.78 is 65.8. The molecule has 1 heterocycles. The Labute approximate surface area is 74.4 Å². The average molecular weight is 146 g/mol. The van der Waals surface area contributed by atoms with Crippen molar-refractivity contribution in [1.29, 1.82) is 0 Å². The van der Waals surface area contributed by atoms with Gasteiger partial charge in [0.15, 0.2) is 12.4 Å². The van der Waals surface area contributed by atoms with E-state index in [4.69, 9.17) is 12.3 Å². The maximum absolute atomic E-state index is 7.24. The lowest BCUT2D eigenvalue weighted by molar-refractivity contribution is -0.671. The molecule has 0 radical (unpaired) electrons. The first-order chi connectivity index (χ1) is 8.33. The summed E-state index contributed by atoms with van der Waals surface area (Å²) in [5.74, 6) is 0. The number of nitrogens with zero attached hydrogens (tertiary/aromatic N) is 2. The summed E-state index contributed by atoms with van der Waals surface area (Å²) in [7, 11) is 0. The van der Waals surface area contributed by atoms with Crippen LogP contribution < -0.4 is 9.47 Å². The minimum atomic E-state index is -2.85. The first-order valence-electron chi connectivity index (χ1n) is 7.15. The number of anilines is 1. The second-order valence-electron chi connectivity index (χ2n) is 1.80. The Morgan fingerprint density at radius 3 is 2.60 bits per heavy atom. The fourth-order valence-corrected chi connectivity index (χ4v) is 0.568. The monoisotopic (exact) mass is 146 g/mol. The van der Waals surface area contributed by atoms with E-state index in [1.165, 1.54) is 0 Å². The zero-order chi connectivity index (χ0) is 15.1. The van der Waals surface area contributed by atoms with Crippen molar-refractivity contribution in [3.8, 4) is 0 Å². The highest BCUT2D eigenvalue weighted by molar-refractivity contribution is 5.41. The van der Waals surface area contributed by atoms with Gasteiger partial charge in [-0.05, 0) is 0 Å². The molecule has 1 rings (SSSR count). The molecule has 0 amide bonds. The first kappa shape index (κ1) is 1.76. The van der Waals surface area contributed by atoms with E-state index in [2.05, 4.69) is 0 Å². The fourth-order valence-electron chi connectivity index (χ4n) is 0.568. The normalized spacial score (nSPS) is 26.6. The molecule has 2 heteroatoms. The maximum Gasteiger partial charge on any atom is 0.170 e. The van der Waals surface area contributed by atoms with E-state index in [0.29, 0.717) is 4.90 Å². The van der Waals surface area contributed by atoms with E-state index < -0.39 is 20.9 Å². The van der Waals surface area contributed by atoms with Gasteiger partial charge < -0.3 is 4.90 Å². The van der Waals surface area contributed by atoms with Crippen molar-refractivity contribution in [3.05, 3.63) is 24.5 Å². The summed E-state index contributed by atoms with van der Waals surface area (Å²) in [5, 5.41) is 0. The van der Waals surface area contributed by atoms with Gasteiger partial charge in [-0.15, -0.1) is 0 Å². The third kappa shape index (κ3) is 1.47. The number of rotatable bonds is 1. The van der Waals surface area contributed by atoms with Crippen LogP contribution in [0.2, 0.25) is 0 Å². The predicted octanol–water partition coefficient (Wildman–Crippen LogP) is 0.577. The number of aromatic nitrogens is 1. The molecule has 0 fully saturated rings. The minimum Gasteiger partial charge on any atom is -0.377 e. The molecule has 54 valence electrons. The van der Waals surface area contributed by atoms with Gasteiger partial charge in [0.05, 0.1) is 0 Å². The van der Waals surface area contributed by atoms with Crippen LogP contribution in [0.1, 0.15) is 12.3 Å². The summed E-state index contributed by atoms with van der Waals surface area (Å²) in [5.41, 5.74) is -0.0968. The number of pyridine rings is 1. The summed E-state index contributed by atoms with van der Waals surface area (Å²) in [4.78, 5) is 0.295. The Balaban J connectivity index is 3.20. The lowest BCUT2D eigenvalue weighted by atomic mass is 10.4. The quantitative estimate of drug-likeness (QED) is 0.526. The molecular weight excluding hydrogens is 124 g/mol. The second kappa shape index (κ2) is 2.69. The van der Waals surface area contributed by atoms with Crippen LogP contribution in [0.5, 0.6) is 0 Å². The Morgan fingerprint density at radius 2 is 2.10 bits per heavy atom. The molecule has 10 heavy (non-hydrogen) atoms. The molecule has 0 spiro atoms. The van der Waals surface area contributed by atoms with Gasteiger partial charge in [-0.2, -0.15) is 0 Å². The molecule has 1 aromatic heterocycles. The van der Waals surface area contributed by atoms with Crippen molar-refractivity contribution in [2.24, 2.45) is 6.98 Å². The molecule has 0 saturated carbocycles. The van der Waals surface area contributed by atoms with Crippen molar-refractivity contribution >= 4 is 5.69 Å². The van der Waals surface area contributed by atoms with Gasteiger partial charge in [0.1, 0.15) is 11.1 Å². The van der Waals surface area contributed by atoms with Crippen LogP contribution in [0, 0.1) is 0 Å². The molecule has 0 aromatic carbocycles. The minimum absolute atomic E-state index is 0.0968. The van der Waals surface area contributed by atoms with E-state index in [-0.39, 0.29) is 5.69 Å². The molecule has 0 aliphatic rings. The SMILES string of the molecule is [2H]C([2H])([2H])N(c1cc[n+](C([2H])([2H])[2H])cc1)C([2H])([2H])[2H]. The summed E-state index contributed by atoms with van der Waals surface area (Å²) in [6.07, 6.45) is 2.24. The van der Waals surface area contributed by atoms with Gasteiger partial charge in [-0.3, -0.25) is 0 Å². The highest BCUT2D eigenvalue weighted by atomic mass is 15.1. The van der Waals surface area contributed by atoms with Gasteiger partial charge in [-0.1, -0.05) is 0 Å². The smallest absolute Gasteiger partial charge is 0.170 e. The third-order valence-electron chi connectivity index (χ3n) is 1.07. The molecule has 0 unspecified atom stereocenters. The molecule has 0 aliphatic heterocycles. The van der Waals surface area contributed by atoms with Crippen molar-refractivity contribution in [3.63, 3.8) is 0 Å². The highest BCUT2D eigenvalue weighted by Crippen LogP contribution is 2.04. The van der Waals surface area contributed by atoms with E-state index in [0.717, 1.165) is 29.1 Å². The van der Waals surface area contributed by atoms with Crippen molar-refractivity contribution in [1.82, 2.24) is 0 Å². The molecule has 1 aromatic rings. The van der Waals surface area contributed by atoms with Crippen LogP contribution >= 0.6 is 0 Å². The van der Waals surface area contributed by atoms with Gasteiger partial charge in [0.25, 0.3) is 0 Å². The highest BCUT2D eigenvalue weighted by Gasteiger charge is 1.95. The number of hydrogen-bond donors (Lipinski definition) is 0. The topological polar surface area (TPSA) is 7.12 Å². The fraction of sp³-hybridized carbons (Fsp3) is 0.375. The zero-order valence-corrected chi connectivity index (χ0v) is 5.20. The molecule has 0 aliphatic carbocycles. The van der Waals surface area contributed by atoms with Crippen molar-refractivity contribution in [2.75, 3.05) is 18.9 Å². The summed E-state index contributed by atoms with van der Waals surface area (Å²) in [6.45, 7) is -8.10. The Morgan fingerprint density at radius 1 is 1.40 bits per heavy atom. The van der Waals surface area contributed by atoms with E-state index >= 15 is 0 Å². The lowest BCUT2D eigenvalue weighted by Crippen LogP contribution is -2.26. The largest absolute Gasteiger partial charge is 0.377 e. The van der Waals surface area contributed by atoms with Crippen LogP contribution in [0.3, 0.4) is 0 Å². The van der Waals surface area contributed by atoms with Gasteiger partial charge in [-0.25, -0.2) is 4.57 Å². The Bertz CT molecular complexity index is 414. The van der Waals surface area contributed by atoms with Gasteiger partial charge >= 0.3 is 0 Å². The predicted molar refractivity (Wildman–Crippen MR) is 41.9 cm³/mol. The van der Waals surface area contributed by atoms with Crippen LogP contribution in [0.4, 0.5) is 5.69 Å². The molecule has 0 N–H and O–H groups in total. The standard InChI is InChI=1S/C8H13N2/c1-9(2)8-4-6-10(3)7-5-8/h4-7H,1-3H3/q+1/i1D3,2D3,3D3. The Hall–Kier alpha value is -1.05. The van der Waals surface area contributed by atoms with E-state index in [1.807, 2.05) is 0 Å². The number of aryl methyl sites for hydroxylation is 1. The molecule has 0 bridgehead atoms. The maximum atomic E-state index is 7.24. The molecule has 2 nitrogen and oxygen atoms in total. The second-order valence-corrected chi connectivity index (χ2v) is 1.80. The van der Waals surface area contributed by atoms with Gasteiger partial charge in [0, 0.05) is 40.0 Å². The van der Waals surface area contributed by atoms with Crippen LogP contribution in [-0.2, 0) is 6.98 Å². The van der Waals surface area contributed by atoms with Crippen LogP contribution in [0.15, 0.2) is 24.5 Å². The Kier molecular flexibility index (Phi) is 0.472. The van der Waals surface area contributed by atoms with Crippen molar-refractivity contribution in [2.45, 2.75) is 0 Å². The molecule has 0 saturated heterocycles. The number of hydrogen-bond acceptors (Lipinski definition) is 1. The van der Waals surface area contributed by atoms with Crippen LogP contribution in [0.25, 0.3) is 0 Å². The zero-order valence-electron chi connectivity index (χ0n) is 14.2. The van der Waals surface area contributed by atoms with Crippen LogP contribution in [-0.4, -0.2) is 14.0 Å². The first-order valence-corrected chi connectivity index (χ1v) is 2.65.